The second-order valence-corrected chi connectivity index (χ2v) is 6.00. The van der Waals surface area contributed by atoms with Gasteiger partial charge in [0.25, 0.3) is 0 Å². The van der Waals surface area contributed by atoms with Crippen LogP contribution < -0.4 is 0 Å². The third kappa shape index (κ3) is 4.94. The SMILES string of the molecule is COC(=O)C(C(=O)/C=C/c1ccccc1O)C(=O)/C(C)=C/c1ccccc1O. The fraction of sp³-hybridized carbons (Fsp3) is 0.136. The van der Waals surface area contributed by atoms with Gasteiger partial charge in [0, 0.05) is 11.1 Å². The predicted octanol–water partition coefficient (Wildman–Crippen LogP) is 3.14. The number of hydrogen-bond acceptors (Lipinski definition) is 6. The van der Waals surface area contributed by atoms with E-state index >= 15 is 0 Å². The van der Waals surface area contributed by atoms with Gasteiger partial charge in [-0.25, -0.2) is 0 Å². The van der Waals surface area contributed by atoms with E-state index in [1.807, 2.05) is 0 Å². The fourth-order valence-corrected chi connectivity index (χ4v) is 2.51. The number of para-hydroxylation sites is 2. The molecule has 0 fully saturated rings. The summed E-state index contributed by atoms with van der Waals surface area (Å²) in [5.41, 5.74) is 0.865. The zero-order valence-electron chi connectivity index (χ0n) is 15.5. The van der Waals surface area contributed by atoms with Gasteiger partial charge in [-0.1, -0.05) is 36.4 Å². The minimum atomic E-state index is -1.67. The van der Waals surface area contributed by atoms with E-state index in [-0.39, 0.29) is 17.1 Å². The van der Waals surface area contributed by atoms with Crippen LogP contribution in [0.3, 0.4) is 0 Å². The predicted molar refractivity (Wildman–Crippen MR) is 104 cm³/mol. The van der Waals surface area contributed by atoms with E-state index in [4.69, 9.17) is 0 Å². The first kappa shape index (κ1) is 20.6. The van der Waals surface area contributed by atoms with Crippen molar-refractivity contribution in [2.45, 2.75) is 6.92 Å². The maximum Gasteiger partial charge on any atom is 0.324 e. The number of benzene rings is 2. The van der Waals surface area contributed by atoms with E-state index in [1.165, 1.54) is 31.2 Å². The quantitative estimate of drug-likeness (QED) is 0.435. The lowest BCUT2D eigenvalue weighted by molar-refractivity contribution is -0.151. The van der Waals surface area contributed by atoms with Crippen molar-refractivity contribution in [3.8, 4) is 11.5 Å². The van der Waals surface area contributed by atoms with Crippen LogP contribution in [0.2, 0.25) is 0 Å². The lowest BCUT2D eigenvalue weighted by Gasteiger charge is -2.11. The monoisotopic (exact) mass is 380 g/mol. The van der Waals surface area contributed by atoms with Crippen LogP contribution in [0, 0.1) is 5.92 Å². The molecule has 0 heterocycles. The standard InChI is InChI=1S/C22H20O6/c1-14(13-16-8-4-6-10-18(16)24)21(26)20(22(27)28-2)19(25)12-11-15-7-3-5-9-17(15)23/h3-13,20,23-24H,1-2H3/b12-11+,14-13+. The second-order valence-electron chi connectivity index (χ2n) is 6.00. The molecular weight excluding hydrogens is 360 g/mol. The van der Waals surface area contributed by atoms with Gasteiger partial charge < -0.3 is 14.9 Å². The summed E-state index contributed by atoms with van der Waals surface area (Å²) in [6, 6.07) is 12.7. The van der Waals surface area contributed by atoms with Crippen LogP contribution in [0.1, 0.15) is 18.1 Å². The average molecular weight is 380 g/mol. The molecule has 2 aromatic carbocycles. The van der Waals surface area contributed by atoms with Gasteiger partial charge in [0.15, 0.2) is 17.5 Å². The summed E-state index contributed by atoms with van der Waals surface area (Å²) in [4.78, 5) is 37.3. The van der Waals surface area contributed by atoms with Crippen LogP contribution >= 0.6 is 0 Å². The highest BCUT2D eigenvalue weighted by Crippen LogP contribution is 2.22. The van der Waals surface area contributed by atoms with Crippen molar-refractivity contribution in [2.24, 2.45) is 5.92 Å². The Balaban J connectivity index is 2.31. The first-order chi connectivity index (χ1) is 13.3. The molecule has 0 amide bonds. The molecule has 1 unspecified atom stereocenters. The number of methoxy groups -OCH3 is 1. The highest BCUT2D eigenvalue weighted by molar-refractivity contribution is 6.26. The third-order valence-electron chi connectivity index (χ3n) is 4.04. The first-order valence-electron chi connectivity index (χ1n) is 8.43. The van der Waals surface area contributed by atoms with Crippen LogP contribution in [-0.4, -0.2) is 34.9 Å². The third-order valence-corrected chi connectivity index (χ3v) is 4.04. The van der Waals surface area contributed by atoms with Gasteiger partial charge in [0.2, 0.25) is 0 Å². The van der Waals surface area contributed by atoms with E-state index in [2.05, 4.69) is 4.74 Å². The Morgan fingerprint density at radius 1 is 0.929 bits per heavy atom. The molecule has 0 aliphatic carbocycles. The van der Waals surface area contributed by atoms with Crippen molar-refractivity contribution in [3.05, 3.63) is 71.3 Å². The Morgan fingerprint density at radius 3 is 2.00 bits per heavy atom. The number of carbonyl (C=O) groups excluding carboxylic acids is 3. The summed E-state index contributed by atoms with van der Waals surface area (Å²) < 4.78 is 4.61. The molecule has 1 atom stereocenters. The maximum absolute atomic E-state index is 12.7. The van der Waals surface area contributed by atoms with Crippen LogP contribution in [0.15, 0.2) is 60.2 Å². The summed E-state index contributed by atoms with van der Waals surface area (Å²) in [6.07, 6.45) is 3.78. The number of carbonyl (C=O) groups is 3. The number of ketones is 2. The number of rotatable bonds is 7. The molecule has 0 radical (unpaired) electrons. The summed E-state index contributed by atoms with van der Waals surface area (Å²) in [5.74, 6) is -4.23. The topological polar surface area (TPSA) is 101 Å². The van der Waals surface area contributed by atoms with Crippen molar-refractivity contribution in [1.29, 1.82) is 0 Å². The second kappa shape index (κ2) is 9.32. The minimum Gasteiger partial charge on any atom is -0.507 e. The Kier molecular flexibility index (Phi) is 6.87. The molecule has 28 heavy (non-hydrogen) atoms. The number of phenols is 2. The molecule has 144 valence electrons. The van der Waals surface area contributed by atoms with Crippen LogP contribution in [0.25, 0.3) is 12.2 Å². The van der Waals surface area contributed by atoms with E-state index in [9.17, 15) is 24.6 Å². The molecule has 6 nitrogen and oxygen atoms in total. The molecular formula is C22H20O6. The number of hydrogen-bond donors (Lipinski definition) is 2. The van der Waals surface area contributed by atoms with E-state index < -0.39 is 23.5 Å². The molecule has 0 bridgehead atoms. The number of aromatic hydroxyl groups is 2. The lowest BCUT2D eigenvalue weighted by Crippen LogP contribution is -2.32. The first-order valence-corrected chi connectivity index (χ1v) is 8.43. The normalized spacial score (nSPS) is 12.6. The van der Waals surface area contributed by atoms with Gasteiger partial charge in [-0.05, 0) is 42.9 Å². The molecule has 2 aromatic rings. The Labute approximate surface area is 162 Å². The summed E-state index contributed by atoms with van der Waals surface area (Å²) in [6.45, 7) is 1.45. The fourth-order valence-electron chi connectivity index (χ4n) is 2.51. The zero-order chi connectivity index (χ0) is 20.7. The van der Waals surface area contributed by atoms with Crippen LogP contribution in [0.5, 0.6) is 11.5 Å². The number of ether oxygens (including phenoxy) is 1. The molecule has 2 rings (SSSR count). The average Bonchev–Trinajstić information content (AvgIpc) is 2.68. The van der Waals surface area contributed by atoms with Crippen molar-refractivity contribution in [2.75, 3.05) is 7.11 Å². The molecule has 0 saturated heterocycles. The van der Waals surface area contributed by atoms with Gasteiger partial charge in [-0.15, -0.1) is 0 Å². The molecule has 0 saturated carbocycles. The molecule has 0 aliphatic rings. The Bertz CT molecular complexity index is 955. The zero-order valence-corrected chi connectivity index (χ0v) is 15.5. The molecule has 0 aromatic heterocycles. The molecule has 0 aliphatic heterocycles. The van der Waals surface area contributed by atoms with Crippen molar-refractivity contribution in [3.63, 3.8) is 0 Å². The number of phenolic OH excluding ortho intramolecular Hbond substituents is 2. The Hall–Kier alpha value is -3.67. The van der Waals surface area contributed by atoms with Gasteiger partial charge in [0.05, 0.1) is 7.11 Å². The minimum absolute atomic E-state index is 0.0324. The van der Waals surface area contributed by atoms with E-state index in [0.29, 0.717) is 11.1 Å². The van der Waals surface area contributed by atoms with Gasteiger partial charge in [-0.2, -0.15) is 0 Å². The summed E-state index contributed by atoms with van der Waals surface area (Å²) >= 11 is 0. The molecule has 0 spiro atoms. The largest absolute Gasteiger partial charge is 0.507 e. The number of Topliss-reactive ketones (excluding diaryl/α,β-unsaturated/α-hetero) is 1. The Morgan fingerprint density at radius 2 is 1.46 bits per heavy atom. The summed E-state index contributed by atoms with van der Waals surface area (Å²) in [7, 11) is 1.09. The van der Waals surface area contributed by atoms with Crippen molar-refractivity contribution < 1.29 is 29.3 Å². The smallest absolute Gasteiger partial charge is 0.324 e. The highest BCUT2D eigenvalue weighted by atomic mass is 16.5. The number of esters is 1. The maximum atomic E-state index is 12.7. The lowest BCUT2D eigenvalue weighted by atomic mass is 9.92. The molecule has 2 N–H and O–H groups in total. The van der Waals surface area contributed by atoms with Crippen LogP contribution in [0.4, 0.5) is 0 Å². The van der Waals surface area contributed by atoms with Gasteiger partial charge in [0.1, 0.15) is 11.5 Å². The number of allylic oxidation sites excluding steroid dienone is 2. The van der Waals surface area contributed by atoms with Gasteiger partial charge >= 0.3 is 5.97 Å². The van der Waals surface area contributed by atoms with Crippen LogP contribution in [-0.2, 0) is 19.1 Å². The molecule has 6 heteroatoms. The summed E-state index contributed by atoms with van der Waals surface area (Å²) in [5, 5.41) is 19.6. The van der Waals surface area contributed by atoms with E-state index in [1.54, 1.807) is 36.4 Å². The van der Waals surface area contributed by atoms with Crippen molar-refractivity contribution in [1.82, 2.24) is 0 Å². The van der Waals surface area contributed by atoms with Gasteiger partial charge in [-0.3, -0.25) is 14.4 Å². The van der Waals surface area contributed by atoms with Crippen molar-refractivity contribution >= 4 is 29.7 Å². The van der Waals surface area contributed by atoms with E-state index in [0.717, 1.165) is 13.2 Å². The highest BCUT2D eigenvalue weighted by Gasteiger charge is 2.34.